The predicted molar refractivity (Wildman–Crippen MR) is 87.5 cm³/mol. The molecule has 1 aliphatic rings. The van der Waals surface area contributed by atoms with E-state index in [1.807, 2.05) is 24.3 Å². The summed E-state index contributed by atoms with van der Waals surface area (Å²) in [5.41, 5.74) is 1.24. The third-order valence-electron chi connectivity index (χ3n) is 4.06. The van der Waals surface area contributed by atoms with Gasteiger partial charge in [-0.05, 0) is 48.8 Å². The highest BCUT2D eigenvalue weighted by atomic mass is 16.5. The molecule has 126 valence electrons. The number of benzene rings is 1. The van der Waals surface area contributed by atoms with Crippen LogP contribution in [-0.4, -0.2) is 29.1 Å². The number of amides is 1. The van der Waals surface area contributed by atoms with Crippen LogP contribution in [0.2, 0.25) is 0 Å². The molecule has 2 N–H and O–H groups in total. The summed E-state index contributed by atoms with van der Waals surface area (Å²) >= 11 is 0. The van der Waals surface area contributed by atoms with Crippen molar-refractivity contribution in [3.8, 4) is 5.75 Å². The molecule has 1 aromatic rings. The summed E-state index contributed by atoms with van der Waals surface area (Å²) in [4.78, 5) is 23.3. The number of ether oxygens (including phenoxy) is 1. The fourth-order valence-corrected chi connectivity index (χ4v) is 2.37. The first kappa shape index (κ1) is 17.3. The van der Waals surface area contributed by atoms with Gasteiger partial charge in [0.25, 0.3) is 5.91 Å². The summed E-state index contributed by atoms with van der Waals surface area (Å²) in [6.45, 7) is 8.01. The van der Waals surface area contributed by atoms with Crippen molar-refractivity contribution in [2.45, 2.75) is 58.1 Å². The molecule has 5 nitrogen and oxygen atoms in total. The van der Waals surface area contributed by atoms with Gasteiger partial charge in [0.1, 0.15) is 11.8 Å². The fourth-order valence-electron chi connectivity index (χ4n) is 2.37. The molecule has 23 heavy (non-hydrogen) atoms. The first-order valence-electron chi connectivity index (χ1n) is 7.99. The molecule has 1 aliphatic carbocycles. The number of hydrogen-bond donors (Lipinski definition) is 2. The van der Waals surface area contributed by atoms with Gasteiger partial charge in [-0.3, -0.25) is 4.79 Å². The Balaban J connectivity index is 1.94. The first-order valence-corrected chi connectivity index (χ1v) is 7.99. The lowest BCUT2D eigenvalue weighted by molar-refractivity contribution is -0.143. The standard InChI is InChI=1S/C18H25NO4/c1-11(16(20)19-15(17(21)22)12-5-6-12)23-14-9-7-13(8-10-14)18(2,3)4/h7-12,15H,5-6H2,1-4H3,(H,19,20)(H,21,22). The van der Waals surface area contributed by atoms with E-state index in [9.17, 15) is 9.59 Å². The van der Waals surface area contributed by atoms with Crippen molar-refractivity contribution < 1.29 is 19.4 Å². The second kappa shape index (κ2) is 6.60. The lowest BCUT2D eigenvalue weighted by Gasteiger charge is -2.21. The Morgan fingerprint density at radius 2 is 1.78 bits per heavy atom. The van der Waals surface area contributed by atoms with Crippen molar-refractivity contribution in [1.29, 1.82) is 0 Å². The van der Waals surface area contributed by atoms with Gasteiger partial charge in [-0.2, -0.15) is 0 Å². The predicted octanol–water partition coefficient (Wildman–Crippen LogP) is 2.73. The third-order valence-corrected chi connectivity index (χ3v) is 4.06. The molecule has 5 heteroatoms. The number of carboxylic acid groups (broad SMARTS) is 1. The van der Waals surface area contributed by atoms with Crippen LogP contribution >= 0.6 is 0 Å². The van der Waals surface area contributed by atoms with E-state index in [4.69, 9.17) is 9.84 Å². The van der Waals surface area contributed by atoms with Crippen molar-refractivity contribution >= 4 is 11.9 Å². The Bertz CT molecular complexity index is 570. The van der Waals surface area contributed by atoms with Gasteiger partial charge < -0.3 is 15.2 Å². The van der Waals surface area contributed by atoms with Crippen molar-refractivity contribution in [3.05, 3.63) is 29.8 Å². The maximum absolute atomic E-state index is 12.1. The van der Waals surface area contributed by atoms with Crippen LogP contribution in [0.15, 0.2) is 24.3 Å². The summed E-state index contributed by atoms with van der Waals surface area (Å²) in [6.07, 6.45) is 0.956. The molecule has 0 radical (unpaired) electrons. The minimum absolute atomic E-state index is 0.0507. The molecule has 0 saturated heterocycles. The molecule has 1 fully saturated rings. The molecule has 0 spiro atoms. The van der Waals surface area contributed by atoms with E-state index < -0.39 is 24.0 Å². The zero-order valence-electron chi connectivity index (χ0n) is 14.1. The Hall–Kier alpha value is -2.04. The van der Waals surface area contributed by atoms with Crippen LogP contribution in [0.4, 0.5) is 0 Å². The normalized spacial score (nSPS) is 17.2. The maximum Gasteiger partial charge on any atom is 0.326 e. The maximum atomic E-state index is 12.1. The average Bonchev–Trinajstić information content (AvgIpc) is 3.28. The van der Waals surface area contributed by atoms with E-state index in [0.29, 0.717) is 5.75 Å². The van der Waals surface area contributed by atoms with E-state index >= 15 is 0 Å². The van der Waals surface area contributed by atoms with Gasteiger partial charge in [0, 0.05) is 0 Å². The van der Waals surface area contributed by atoms with Gasteiger partial charge in [-0.25, -0.2) is 4.79 Å². The summed E-state index contributed by atoms with van der Waals surface area (Å²) in [7, 11) is 0. The lowest BCUT2D eigenvalue weighted by atomic mass is 9.87. The summed E-state index contributed by atoms with van der Waals surface area (Å²) < 4.78 is 5.62. The number of nitrogens with one attached hydrogen (secondary N) is 1. The zero-order chi connectivity index (χ0) is 17.2. The summed E-state index contributed by atoms with van der Waals surface area (Å²) in [5, 5.41) is 11.7. The second-order valence-electron chi connectivity index (χ2n) is 7.20. The number of carbonyl (C=O) groups excluding carboxylic acids is 1. The van der Waals surface area contributed by atoms with Crippen molar-refractivity contribution in [3.63, 3.8) is 0 Å². The third kappa shape index (κ3) is 4.71. The van der Waals surface area contributed by atoms with Crippen molar-refractivity contribution in [2.75, 3.05) is 0 Å². The molecule has 2 atom stereocenters. The highest BCUT2D eigenvalue weighted by Crippen LogP contribution is 2.32. The molecule has 0 aliphatic heterocycles. The summed E-state index contributed by atoms with van der Waals surface area (Å²) in [5.74, 6) is -0.736. The number of rotatable bonds is 6. The largest absolute Gasteiger partial charge is 0.481 e. The number of aliphatic carboxylic acids is 1. The number of carboxylic acids is 1. The number of carbonyl (C=O) groups is 2. The van der Waals surface area contributed by atoms with Crippen LogP contribution in [0.25, 0.3) is 0 Å². The van der Waals surface area contributed by atoms with Gasteiger partial charge in [0.2, 0.25) is 0 Å². The monoisotopic (exact) mass is 319 g/mol. The van der Waals surface area contributed by atoms with Gasteiger partial charge in [-0.1, -0.05) is 32.9 Å². The quantitative estimate of drug-likeness (QED) is 0.845. The zero-order valence-corrected chi connectivity index (χ0v) is 14.1. The highest BCUT2D eigenvalue weighted by molar-refractivity contribution is 5.86. The molecule has 0 aromatic heterocycles. The summed E-state index contributed by atoms with van der Waals surface area (Å²) in [6, 6.07) is 6.81. The highest BCUT2D eigenvalue weighted by Gasteiger charge is 2.38. The number of hydrogen-bond acceptors (Lipinski definition) is 3. The smallest absolute Gasteiger partial charge is 0.326 e. The van der Waals surface area contributed by atoms with Crippen LogP contribution < -0.4 is 10.1 Å². The lowest BCUT2D eigenvalue weighted by Crippen LogP contribution is -2.47. The SMILES string of the molecule is CC(Oc1ccc(C(C)(C)C)cc1)C(=O)NC(C(=O)O)C1CC1. The second-order valence-corrected chi connectivity index (χ2v) is 7.20. The molecule has 0 bridgehead atoms. The van der Waals surface area contributed by atoms with Crippen molar-refractivity contribution in [1.82, 2.24) is 5.32 Å². The Morgan fingerprint density at radius 1 is 1.22 bits per heavy atom. The molecular weight excluding hydrogens is 294 g/mol. The molecule has 0 heterocycles. The molecule has 2 unspecified atom stereocenters. The van der Waals surface area contributed by atoms with Crippen LogP contribution in [0.1, 0.15) is 46.1 Å². The van der Waals surface area contributed by atoms with E-state index in [2.05, 4.69) is 26.1 Å². The topological polar surface area (TPSA) is 75.6 Å². The molecule has 1 amide bonds. The van der Waals surface area contributed by atoms with E-state index in [1.54, 1.807) is 6.92 Å². The van der Waals surface area contributed by atoms with E-state index in [1.165, 1.54) is 5.56 Å². The first-order chi connectivity index (χ1) is 10.7. The fraction of sp³-hybridized carbons (Fsp3) is 0.556. The molecule has 1 saturated carbocycles. The molecule has 2 rings (SSSR count). The Labute approximate surface area is 137 Å². The molecule has 1 aromatic carbocycles. The van der Waals surface area contributed by atoms with Gasteiger partial charge >= 0.3 is 5.97 Å². The van der Waals surface area contributed by atoms with Gasteiger partial charge in [-0.15, -0.1) is 0 Å². The van der Waals surface area contributed by atoms with Crippen LogP contribution in [0.3, 0.4) is 0 Å². The van der Waals surface area contributed by atoms with E-state index in [0.717, 1.165) is 12.8 Å². The van der Waals surface area contributed by atoms with Gasteiger partial charge in [0.15, 0.2) is 6.10 Å². The van der Waals surface area contributed by atoms with Gasteiger partial charge in [0.05, 0.1) is 0 Å². The Kier molecular flexibility index (Phi) is 4.97. The Morgan fingerprint density at radius 3 is 2.22 bits per heavy atom. The minimum Gasteiger partial charge on any atom is -0.481 e. The van der Waals surface area contributed by atoms with Crippen LogP contribution in [0.5, 0.6) is 5.75 Å². The van der Waals surface area contributed by atoms with E-state index in [-0.39, 0.29) is 11.3 Å². The molecular formula is C18H25NO4. The van der Waals surface area contributed by atoms with Crippen LogP contribution in [0, 0.1) is 5.92 Å². The van der Waals surface area contributed by atoms with Crippen LogP contribution in [-0.2, 0) is 15.0 Å². The average molecular weight is 319 g/mol. The minimum atomic E-state index is -0.984. The van der Waals surface area contributed by atoms with Crippen molar-refractivity contribution in [2.24, 2.45) is 5.92 Å².